The minimum atomic E-state index is -0.809. The van der Waals surface area contributed by atoms with Gasteiger partial charge in [0.2, 0.25) is 5.16 Å². The Kier molecular flexibility index (Phi) is 7.99. The third-order valence-electron chi connectivity index (χ3n) is 7.24. The highest BCUT2D eigenvalue weighted by molar-refractivity contribution is 8.03. The van der Waals surface area contributed by atoms with Gasteiger partial charge in [-0.3, -0.25) is 0 Å². The molecular formula is C27H29ClN4O6S. The van der Waals surface area contributed by atoms with Crippen molar-refractivity contribution in [2.45, 2.75) is 62.6 Å². The molecule has 0 bridgehead atoms. The summed E-state index contributed by atoms with van der Waals surface area (Å²) in [4.78, 5) is 33.8. The van der Waals surface area contributed by atoms with Crippen molar-refractivity contribution in [2.24, 2.45) is 5.92 Å². The molecule has 1 atom stereocenters. The molecule has 0 saturated heterocycles. The third kappa shape index (κ3) is 5.69. The van der Waals surface area contributed by atoms with Crippen LogP contribution in [-0.2, 0) is 20.7 Å². The third-order valence-corrected chi connectivity index (χ3v) is 8.50. The van der Waals surface area contributed by atoms with Crippen molar-refractivity contribution in [1.29, 1.82) is 0 Å². The highest BCUT2D eigenvalue weighted by Crippen LogP contribution is 2.47. The zero-order valence-corrected chi connectivity index (χ0v) is 23.3. The number of thioether (sulfide) groups is 1. The number of cyclic esters (lactones) is 1. The Labute approximate surface area is 234 Å². The number of rotatable bonds is 9. The molecule has 1 unspecified atom stereocenters. The highest BCUT2D eigenvalue weighted by Gasteiger charge is 2.48. The van der Waals surface area contributed by atoms with E-state index >= 15 is 0 Å². The summed E-state index contributed by atoms with van der Waals surface area (Å²) in [7, 11) is 1.57. The summed E-state index contributed by atoms with van der Waals surface area (Å²) in [6.07, 6.45) is 8.23. The number of benzene rings is 1. The Morgan fingerprint density at radius 1 is 1.33 bits per heavy atom. The van der Waals surface area contributed by atoms with Crippen LogP contribution in [-0.4, -0.2) is 55.9 Å². The van der Waals surface area contributed by atoms with Crippen LogP contribution in [0.5, 0.6) is 5.75 Å². The van der Waals surface area contributed by atoms with E-state index in [0.29, 0.717) is 23.6 Å². The van der Waals surface area contributed by atoms with Gasteiger partial charge in [0.05, 0.1) is 24.3 Å². The number of ether oxygens (including phenoxy) is 3. The highest BCUT2D eigenvalue weighted by atomic mass is 35.5. The first kappa shape index (κ1) is 27.3. The number of aliphatic hydroxyl groups excluding tert-OH is 1. The average Bonchev–Trinajstić information content (AvgIpc) is 3.60. The number of hydrogen-bond donors (Lipinski definition) is 1. The van der Waals surface area contributed by atoms with Gasteiger partial charge in [-0.15, -0.1) is 5.10 Å². The van der Waals surface area contributed by atoms with Crippen LogP contribution < -0.4 is 4.74 Å². The monoisotopic (exact) mass is 572 g/mol. The van der Waals surface area contributed by atoms with E-state index in [1.165, 1.54) is 16.9 Å². The van der Waals surface area contributed by atoms with Crippen LogP contribution >= 0.6 is 23.4 Å². The fraction of sp³-hybridized carbons (Fsp3) is 0.444. The Balaban J connectivity index is 1.37. The van der Waals surface area contributed by atoms with Crippen LogP contribution in [0.1, 0.15) is 61.4 Å². The second kappa shape index (κ2) is 11.4. The fourth-order valence-electron chi connectivity index (χ4n) is 5.31. The Bertz CT molecular complexity index is 1440. The van der Waals surface area contributed by atoms with Crippen molar-refractivity contribution >= 4 is 41.1 Å². The maximum atomic E-state index is 13.3. The van der Waals surface area contributed by atoms with Crippen molar-refractivity contribution in [3.63, 3.8) is 0 Å². The van der Waals surface area contributed by atoms with Gasteiger partial charge in [0.1, 0.15) is 22.0 Å². The molecule has 1 N–H and O–H groups in total. The number of carbonyl (C=O) groups excluding carboxylic acids is 2. The molecule has 0 radical (unpaired) electrons. The molecule has 10 nitrogen and oxygen atoms in total. The van der Waals surface area contributed by atoms with Crippen LogP contribution in [0.3, 0.4) is 0 Å². The lowest BCUT2D eigenvalue weighted by Gasteiger charge is -2.41. The van der Waals surface area contributed by atoms with Gasteiger partial charge < -0.3 is 19.3 Å². The van der Waals surface area contributed by atoms with Crippen molar-refractivity contribution in [3.05, 3.63) is 57.4 Å². The zero-order chi connectivity index (χ0) is 27.6. The lowest BCUT2D eigenvalue weighted by atomic mass is 9.77. The Hall–Kier alpha value is -3.31. The van der Waals surface area contributed by atoms with E-state index in [1.807, 2.05) is 18.2 Å². The number of aliphatic hydroxyl groups is 1. The SMILES string of the molecule is CCOC(=O)c1cnc2nc(SC3=C(O)CC(CCc4ccc(OC)c(Cl)c4)(C4CCCC4)OC3=O)nn2c1. The maximum absolute atomic E-state index is 13.3. The van der Waals surface area contributed by atoms with Gasteiger partial charge in [0.25, 0.3) is 5.78 Å². The fourth-order valence-corrected chi connectivity index (χ4v) is 6.34. The lowest BCUT2D eigenvalue weighted by Crippen LogP contribution is -2.45. The molecule has 206 valence electrons. The quantitative estimate of drug-likeness (QED) is 0.336. The lowest BCUT2D eigenvalue weighted by molar-refractivity contribution is -0.166. The predicted octanol–water partition coefficient (Wildman–Crippen LogP) is 5.33. The van der Waals surface area contributed by atoms with Gasteiger partial charge in [0.15, 0.2) is 0 Å². The summed E-state index contributed by atoms with van der Waals surface area (Å²) in [5, 5.41) is 16.2. The van der Waals surface area contributed by atoms with Gasteiger partial charge in [-0.1, -0.05) is 30.5 Å². The number of carbonyl (C=O) groups is 2. The van der Waals surface area contributed by atoms with Crippen LogP contribution in [0.15, 0.2) is 46.4 Å². The van der Waals surface area contributed by atoms with Crippen LogP contribution in [0.4, 0.5) is 0 Å². The van der Waals surface area contributed by atoms with E-state index in [0.717, 1.165) is 43.0 Å². The Morgan fingerprint density at radius 2 is 2.13 bits per heavy atom. The number of nitrogens with zero attached hydrogens (tertiary/aromatic N) is 4. The van der Waals surface area contributed by atoms with Crippen LogP contribution in [0.25, 0.3) is 5.78 Å². The van der Waals surface area contributed by atoms with Crippen molar-refractivity contribution in [3.8, 4) is 5.75 Å². The van der Waals surface area contributed by atoms with Crippen LogP contribution in [0, 0.1) is 5.92 Å². The van der Waals surface area contributed by atoms with E-state index < -0.39 is 17.5 Å². The number of aromatic nitrogens is 4. The van der Waals surface area contributed by atoms with E-state index in [1.54, 1.807) is 14.0 Å². The van der Waals surface area contributed by atoms with Crippen molar-refractivity contribution in [1.82, 2.24) is 19.6 Å². The molecular weight excluding hydrogens is 544 g/mol. The van der Waals surface area contributed by atoms with Gasteiger partial charge in [-0.05, 0) is 68.0 Å². The minimum Gasteiger partial charge on any atom is -0.511 e. The maximum Gasteiger partial charge on any atom is 0.349 e. The molecule has 3 aromatic rings. The molecule has 2 aliphatic rings. The molecule has 3 heterocycles. The van der Waals surface area contributed by atoms with Crippen molar-refractivity contribution < 1.29 is 28.9 Å². The topological polar surface area (TPSA) is 125 Å². The molecule has 39 heavy (non-hydrogen) atoms. The number of aryl methyl sites for hydroxylation is 1. The zero-order valence-electron chi connectivity index (χ0n) is 21.7. The number of methoxy groups -OCH3 is 1. The summed E-state index contributed by atoms with van der Waals surface area (Å²) in [6.45, 7) is 1.95. The normalized spacial score (nSPS) is 19.9. The first-order valence-electron chi connectivity index (χ1n) is 12.9. The molecule has 1 aliphatic carbocycles. The van der Waals surface area contributed by atoms with Gasteiger partial charge in [0, 0.05) is 18.8 Å². The number of halogens is 1. The second-order valence-corrected chi connectivity index (χ2v) is 11.0. The first-order valence-corrected chi connectivity index (χ1v) is 14.1. The standard InChI is InChI=1S/C27H29ClN4O6S/c1-3-37-23(34)17-14-29-25-30-26(31-32(25)15-17)39-22-20(33)13-27(38-24(22)35,18-6-4-5-7-18)11-10-16-8-9-21(36-2)19(28)12-16/h8-9,12,14-15,18,33H,3-7,10-11,13H2,1-2H3. The second-order valence-electron chi connectivity index (χ2n) is 9.66. The van der Waals surface area contributed by atoms with Gasteiger partial charge in [-0.2, -0.15) is 4.98 Å². The summed E-state index contributed by atoms with van der Waals surface area (Å²) in [6, 6.07) is 5.64. The van der Waals surface area contributed by atoms with Crippen LogP contribution in [0.2, 0.25) is 5.02 Å². The van der Waals surface area contributed by atoms with E-state index in [2.05, 4.69) is 15.1 Å². The molecule has 5 rings (SSSR count). The minimum absolute atomic E-state index is 0.0325. The number of fused-ring (bicyclic) bond motifs is 1. The number of esters is 2. The predicted molar refractivity (Wildman–Crippen MR) is 144 cm³/mol. The molecule has 1 fully saturated rings. The Morgan fingerprint density at radius 3 is 2.82 bits per heavy atom. The summed E-state index contributed by atoms with van der Waals surface area (Å²) in [5.41, 5.74) is 0.419. The van der Waals surface area contributed by atoms with Gasteiger partial charge >= 0.3 is 11.9 Å². The molecule has 0 spiro atoms. The molecule has 1 saturated carbocycles. The van der Waals surface area contributed by atoms with E-state index in [9.17, 15) is 14.7 Å². The largest absolute Gasteiger partial charge is 0.511 e. The summed E-state index contributed by atoms with van der Waals surface area (Å²) >= 11 is 7.24. The van der Waals surface area contributed by atoms with Crippen molar-refractivity contribution in [2.75, 3.05) is 13.7 Å². The first-order chi connectivity index (χ1) is 18.8. The van der Waals surface area contributed by atoms with E-state index in [-0.39, 0.29) is 46.1 Å². The molecule has 2 aromatic heterocycles. The number of hydrogen-bond acceptors (Lipinski definition) is 10. The molecule has 0 amide bonds. The molecule has 12 heteroatoms. The summed E-state index contributed by atoms with van der Waals surface area (Å²) < 4.78 is 17.8. The molecule has 1 aliphatic heterocycles. The summed E-state index contributed by atoms with van der Waals surface area (Å²) in [5.74, 6) is -0.147. The molecule has 1 aromatic carbocycles. The van der Waals surface area contributed by atoms with E-state index in [4.69, 9.17) is 25.8 Å². The van der Waals surface area contributed by atoms with Gasteiger partial charge in [-0.25, -0.2) is 19.1 Å². The average molecular weight is 573 g/mol. The smallest absolute Gasteiger partial charge is 0.349 e.